The Morgan fingerprint density at radius 3 is 2.62 bits per heavy atom. The van der Waals surface area contributed by atoms with Gasteiger partial charge in [0.05, 0.1) is 0 Å². The van der Waals surface area contributed by atoms with Gasteiger partial charge in [-0.2, -0.15) is 0 Å². The van der Waals surface area contributed by atoms with Gasteiger partial charge in [0, 0.05) is 6.20 Å². The summed E-state index contributed by atoms with van der Waals surface area (Å²) >= 11 is 0. The number of carbonyl (C=O) groups is 2. The number of primary amides is 1. The van der Waals surface area contributed by atoms with E-state index in [0.29, 0.717) is 0 Å². The van der Waals surface area contributed by atoms with Crippen molar-refractivity contribution in [3.63, 3.8) is 0 Å². The van der Waals surface area contributed by atoms with Gasteiger partial charge in [-0.1, -0.05) is 6.07 Å². The number of carbonyl (C=O) groups excluding carboxylic acids is 2. The van der Waals surface area contributed by atoms with Crippen LogP contribution in [0.15, 0.2) is 24.4 Å². The fourth-order valence-corrected chi connectivity index (χ4v) is 0.679. The number of hydrazine groups is 1. The Labute approximate surface area is 74.1 Å². The third-order valence-corrected chi connectivity index (χ3v) is 1.20. The third kappa shape index (κ3) is 2.78. The molecular formula is C7H8N4O2. The topological polar surface area (TPSA) is 97.1 Å². The Morgan fingerprint density at radius 2 is 2.08 bits per heavy atom. The van der Waals surface area contributed by atoms with Crippen molar-refractivity contribution in [2.45, 2.75) is 0 Å². The van der Waals surface area contributed by atoms with E-state index in [2.05, 4.69) is 10.4 Å². The Bertz CT molecular complexity index is 312. The first-order valence-corrected chi connectivity index (χ1v) is 3.47. The Morgan fingerprint density at radius 1 is 1.31 bits per heavy atom. The second-order valence-corrected chi connectivity index (χ2v) is 2.16. The Kier molecular flexibility index (Phi) is 2.80. The van der Waals surface area contributed by atoms with Gasteiger partial charge in [-0.15, -0.1) is 0 Å². The van der Waals surface area contributed by atoms with E-state index in [9.17, 15) is 9.59 Å². The monoisotopic (exact) mass is 180 g/mol. The summed E-state index contributed by atoms with van der Waals surface area (Å²) in [4.78, 5) is 25.1. The van der Waals surface area contributed by atoms with E-state index in [0.717, 1.165) is 0 Å². The number of nitrogens with zero attached hydrogens (tertiary/aromatic N) is 1. The van der Waals surface area contributed by atoms with Crippen LogP contribution in [0.4, 0.5) is 4.79 Å². The second-order valence-electron chi connectivity index (χ2n) is 2.16. The van der Waals surface area contributed by atoms with Crippen LogP contribution in [-0.4, -0.2) is 16.9 Å². The summed E-state index contributed by atoms with van der Waals surface area (Å²) in [6, 6.07) is 4.02. The van der Waals surface area contributed by atoms with Crippen molar-refractivity contribution in [2.24, 2.45) is 5.73 Å². The summed E-state index contributed by atoms with van der Waals surface area (Å²) in [6.45, 7) is 0. The maximum Gasteiger partial charge on any atom is 0.330 e. The third-order valence-electron chi connectivity index (χ3n) is 1.20. The molecule has 0 fully saturated rings. The van der Waals surface area contributed by atoms with Crippen LogP contribution in [0.2, 0.25) is 0 Å². The molecule has 1 heterocycles. The molecule has 0 radical (unpaired) electrons. The molecule has 1 aromatic heterocycles. The average Bonchev–Trinajstić information content (AvgIpc) is 2.15. The smallest absolute Gasteiger partial charge is 0.330 e. The summed E-state index contributed by atoms with van der Waals surface area (Å²) in [6.07, 6.45) is 1.47. The lowest BCUT2D eigenvalue weighted by Crippen LogP contribution is -2.44. The fraction of sp³-hybridized carbons (Fsp3) is 0. The van der Waals surface area contributed by atoms with Gasteiger partial charge in [0.25, 0.3) is 5.91 Å². The van der Waals surface area contributed by atoms with Crippen molar-refractivity contribution in [3.05, 3.63) is 30.1 Å². The molecule has 0 saturated heterocycles. The molecule has 0 bridgehead atoms. The highest BCUT2D eigenvalue weighted by Crippen LogP contribution is 1.90. The first-order valence-electron chi connectivity index (χ1n) is 3.47. The summed E-state index contributed by atoms with van der Waals surface area (Å²) in [7, 11) is 0. The van der Waals surface area contributed by atoms with Crippen LogP contribution in [0.1, 0.15) is 10.5 Å². The van der Waals surface area contributed by atoms with Crippen molar-refractivity contribution < 1.29 is 9.59 Å². The molecule has 0 aliphatic carbocycles. The summed E-state index contributed by atoms with van der Waals surface area (Å²) in [5.41, 5.74) is 8.95. The first-order chi connectivity index (χ1) is 6.20. The number of amides is 3. The van der Waals surface area contributed by atoms with Crippen LogP contribution < -0.4 is 16.6 Å². The number of urea groups is 1. The van der Waals surface area contributed by atoms with Gasteiger partial charge in [0.1, 0.15) is 5.69 Å². The largest absolute Gasteiger partial charge is 0.350 e. The zero-order valence-electron chi connectivity index (χ0n) is 6.65. The molecule has 0 aliphatic heterocycles. The fourth-order valence-electron chi connectivity index (χ4n) is 0.679. The molecule has 0 aliphatic rings. The molecule has 6 nitrogen and oxygen atoms in total. The number of nitrogens with two attached hydrogens (primary N) is 1. The zero-order chi connectivity index (χ0) is 9.68. The lowest BCUT2D eigenvalue weighted by atomic mass is 10.3. The van der Waals surface area contributed by atoms with E-state index in [1.807, 2.05) is 5.43 Å². The number of aromatic nitrogens is 1. The van der Waals surface area contributed by atoms with Gasteiger partial charge in [-0.3, -0.25) is 15.2 Å². The first kappa shape index (κ1) is 8.98. The highest BCUT2D eigenvalue weighted by molar-refractivity contribution is 5.93. The number of pyridine rings is 1. The average molecular weight is 180 g/mol. The van der Waals surface area contributed by atoms with Crippen LogP contribution >= 0.6 is 0 Å². The van der Waals surface area contributed by atoms with E-state index in [-0.39, 0.29) is 5.69 Å². The van der Waals surface area contributed by atoms with Crippen molar-refractivity contribution >= 4 is 11.9 Å². The lowest BCUT2D eigenvalue weighted by molar-refractivity contribution is 0.0932. The second kappa shape index (κ2) is 4.05. The molecule has 68 valence electrons. The standard InChI is InChI=1S/C7H8N4O2/c8-7(13)11-10-6(12)5-3-1-2-4-9-5/h1-4H,(H,10,12)(H3,8,11,13). The molecule has 0 aromatic carbocycles. The van der Waals surface area contributed by atoms with Gasteiger partial charge in [0.2, 0.25) is 0 Å². The molecule has 13 heavy (non-hydrogen) atoms. The van der Waals surface area contributed by atoms with E-state index in [1.54, 1.807) is 12.1 Å². The van der Waals surface area contributed by atoms with E-state index < -0.39 is 11.9 Å². The lowest BCUT2D eigenvalue weighted by Gasteiger charge is -2.02. The number of rotatable bonds is 1. The molecule has 0 saturated carbocycles. The summed E-state index contributed by atoms with van der Waals surface area (Å²) in [5, 5.41) is 0. The van der Waals surface area contributed by atoms with Crippen molar-refractivity contribution in [1.82, 2.24) is 15.8 Å². The van der Waals surface area contributed by atoms with Gasteiger partial charge >= 0.3 is 6.03 Å². The Balaban J connectivity index is 2.54. The molecule has 4 N–H and O–H groups in total. The van der Waals surface area contributed by atoms with Crippen LogP contribution in [-0.2, 0) is 0 Å². The Hall–Kier alpha value is -2.11. The van der Waals surface area contributed by atoms with Gasteiger partial charge in [-0.25, -0.2) is 10.2 Å². The molecule has 1 aromatic rings. The summed E-state index contributed by atoms with van der Waals surface area (Å²) < 4.78 is 0. The molecule has 3 amide bonds. The molecule has 0 spiro atoms. The van der Waals surface area contributed by atoms with Crippen LogP contribution in [0.3, 0.4) is 0 Å². The van der Waals surface area contributed by atoms with E-state index >= 15 is 0 Å². The van der Waals surface area contributed by atoms with Crippen LogP contribution in [0.5, 0.6) is 0 Å². The minimum atomic E-state index is -0.829. The molecule has 6 heteroatoms. The van der Waals surface area contributed by atoms with Crippen molar-refractivity contribution in [1.29, 1.82) is 0 Å². The minimum Gasteiger partial charge on any atom is -0.350 e. The van der Waals surface area contributed by atoms with Crippen LogP contribution in [0, 0.1) is 0 Å². The minimum absolute atomic E-state index is 0.205. The molecule has 0 atom stereocenters. The van der Waals surface area contributed by atoms with Crippen molar-refractivity contribution in [3.8, 4) is 0 Å². The maximum atomic E-state index is 11.1. The highest BCUT2D eigenvalue weighted by atomic mass is 16.2. The van der Waals surface area contributed by atoms with E-state index in [1.165, 1.54) is 12.3 Å². The molecular weight excluding hydrogens is 172 g/mol. The quantitative estimate of drug-likeness (QED) is 0.503. The predicted molar refractivity (Wildman–Crippen MR) is 44.4 cm³/mol. The number of hydrogen-bond acceptors (Lipinski definition) is 3. The van der Waals surface area contributed by atoms with Crippen molar-refractivity contribution in [2.75, 3.05) is 0 Å². The number of hydrogen-bond donors (Lipinski definition) is 3. The highest BCUT2D eigenvalue weighted by Gasteiger charge is 2.04. The van der Waals surface area contributed by atoms with Gasteiger partial charge in [0.15, 0.2) is 0 Å². The predicted octanol–water partition coefficient (Wildman–Crippen LogP) is -0.605. The van der Waals surface area contributed by atoms with Gasteiger partial charge < -0.3 is 5.73 Å². The zero-order valence-corrected chi connectivity index (χ0v) is 6.65. The SMILES string of the molecule is NC(=O)NNC(=O)c1ccccn1. The van der Waals surface area contributed by atoms with Gasteiger partial charge in [-0.05, 0) is 12.1 Å². The molecule has 0 unspecified atom stereocenters. The normalized spacial score (nSPS) is 8.92. The van der Waals surface area contributed by atoms with Crippen LogP contribution in [0.25, 0.3) is 0 Å². The maximum absolute atomic E-state index is 11.1. The summed E-state index contributed by atoms with van der Waals surface area (Å²) in [5.74, 6) is -0.514. The number of nitrogens with one attached hydrogen (secondary N) is 2. The molecule has 1 rings (SSSR count). The van der Waals surface area contributed by atoms with E-state index in [4.69, 9.17) is 5.73 Å².